The van der Waals surface area contributed by atoms with E-state index in [1.165, 1.54) is 5.56 Å². The van der Waals surface area contributed by atoms with Crippen molar-refractivity contribution in [1.29, 1.82) is 0 Å². The Morgan fingerprint density at radius 2 is 1.88 bits per heavy atom. The molecule has 0 aliphatic carbocycles. The fourth-order valence-electron chi connectivity index (χ4n) is 2.34. The first-order chi connectivity index (χ1) is 7.77. The Morgan fingerprint density at radius 1 is 1.25 bits per heavy atom. The summed E-state index contributed by atoms with van der Waals surface area (Å²) in [5.41, 5.74) is 1.16. The molecule has 1 aromatic carbocycles. The highest BCUT2D eigenvalue weighted by Crippen LogP contribution is 2.37. The first-order valence-electron chi connectivity index (χ1n) is 5.54. The van der Waals surface area contributed by atoms with E-state index in [4.69, 9.17) is 16.3 Å². The summed E-state index contributed by atoms with van der Waals surface area (Å²) in [6.45, 7) is 1.47. The number of hydrogen-bond donors (Lipinski definition) is 0. The van der Waals surface area contributed by atoms with Crippen LogP contribution in [0.4, 0.5) is 0 Å². The molecule has 1 aliphatic rings. The number of rotatable bonds is 3. The summed E-state index contributed by atoms with van der Waals surface area (Å²) in [4.78, 5) is 10.9. The second-order valence-corrected chi connectivity index (χ2v) is 4.71. The standard InChI is InChI=1S/C13H15ClO2/c14-12-3-1-11(2-4-12)13(5-8-15)6-9-16-10-7-13/h1-4,8H,5-7,9-10H2. The van der Waals surface area contributed by atoms with Crippen LogP contribution in [-0.2, 0) is 14.9 Å². The van der Waals surface area contributed by atoms with Gasteiger partial charge in [-0.15, -0.1) is 0 Å². The van der Waals surface area contributed by atoms with Gasteiger partial charge in [0.05, 0.1) is 0 Å². The summed E-state index contributed by atoms with van der Waals surface area (Å²) in [6.07, 6.45) is 3.40. The lowest BCUT2D eigenvalue weighted by Crippen LogP contribution is -2.34. The number of benzene rings is 1. The highest BCUT2D eigenvalue weighted by Gasteiger charge is 2.33. The lowest BCUT2D eigenvalue weighted by atomic mass is 9.72. The molecule has 3 heteroatoms. The molecule has 1 saturated heterocycles. The molecule has 0 N–H and O–H groups in total. The van der Waals surface area contributed by atoms with Crippen LogP contribution in [0.1, 0.15) is 24.8 Å². The van der Waals surface area contributed by atoms with E-state index in [1.807, 2.05) is 24.3 Å². The molecule has 0 atom stereocenters. The van der Waals surface area contributed by atoms with Crippen molar-refractivity contribution in [1.82, 2.24) is 0 Å². The van der Waals surface area contributed by atoms with E-state index in [2.05, 4.69) is 0 Å². The molecule has 1 fully saturated rings. The van der Waals surface area contributed by atoms with Crippen LogP contribution in [0.3, 0.4) is 0 Å². The largest absolute Gasteiger partial charge is 0.381 e. The van der Waals surface area contributed by atoms with Crippen LogP contribution in [0, 0.1) is 0 Å². The van der Waals surface area contributed by atoms with Gasteiger partial charge in [0.2, 0.25) is 0 Å². The zero-order valence-electron chi connectivity index (χ0n) is 9.12. The smallest absolute Gasteiger partial charge is 0.120 e. The molecule has 1 aliphatic heterocycles. The van der Waals surface area contributed by atoms with E-state index in [0.29, 0.717) is 6.42 Å². The Hall–Kier alpha value is -0.860. The second-order valence-electron chi connectivity index (χ2n) is 4.27. The predicted octanol–water partition coefficient (Wildman–Crippen LogP) is 2.98. The molecule has 2 rings (SSSR count). The lowest BCUT2D eigenvalue weighted by molar-refractivity contribution is -0.109. The van der Waals surface area contributed by atoms with E-state index in [-0.39, 0.29) is 5.41 Å². The molecule has 16 heavy (non-hydrogen) atoms. The van der Waals surface area contributed by atoms with Crippen LogP contribution in [0.15, 0.2) is 24.3 Å². The average Bonchev–Trinajstić information content (AvgIpc) is 2.31. The van der Waals surface area contributed by atoms with E-state index in [1.54, 1.807) is 0 Å². The van der Waals surface area contributed by atoms with Gasteiger partial charge in [0.15, 0.2) is 0 Å². The minimum atomic E-state index is -0.0371. The Kier molecular flexibility index (Phi) is 3.62. The highest BCUT2D eigenvalue weighted by molar-refractivity contribution is 6.30. The van der Waals surface area contributed by atoms with E-state index < -0.39 is 0 Å². The summed E-state index contributed by atoms with van der Waals surface area (Å²) < 4.78 is 5.37. The summed E-state index contributed by atoms with van der Waals surface area (Å²) in [5, 5.41) is 0.733. The average molecular weight is 239 g/mol. The molecule has 1 aromatic rings. The quantitative estimate of drug-likeness (QED) is 0.757. The molecule has 0 amide bonds. The van der Waals surface area contributed by atoms with Crippen molar-refractivity contribution in [2.75, 3.05) is 13.2 Å². The number of aldehydes is 1. The Morgan fingerprint density at radius 3 is 2.44 bits per heavy atom. The zero-order valence-corrected chi connectivity index (χ0v) is 9.87. The summed E-state index contributed by atoms with van der Waals surface area (Å²) in [7, 11) is 0. The third-order valence-electron chi connectivity index (χ3n) is 3.38. The van der Waals surface area contributed by atoms with Crippen molar-refractivity contribution >= 4 is 17.9 Å². The van der Waals surface area contributed by atoms with Crippen LogP contribution in [-0.4, -0.2) is 19.5 Å². The maximum Gasteiger partial charge on any atom is 0.120 e. The first kappa shape index (κ1) is 11.6. The lowest BCUT2D eigenvalue weighted by Gasteiger charge is -2.36. The molecule has 0 aromatic heterocycles. The van der Waals surface area contributed by atoms with Gasteiger partial charge >= 0.3 is 0 Å². The summed E-state index contributed by atoms with van der Waals surface area (Å²) in [5.74, 6) is 0. The van der Waals surface area contributed by atoms with E-state index in [9.17, 15) is 4.79 Å². The minimum Gasteiger partial charge on any atom is -0.381 e. The number of carbonyl (C=O) groups is 1. The van der Waals surface area contributed by atoms with Gasteiger partial charge in [0.25, 0.3) is 0 Å². The topological polar surface area (TPSA) is 26.3 Å². The Balaban J connectivity index is 2.30. The van der Waals surface area contributed by atoms with Gasteiger partial charge in [-0.1, -0.05) is 23.7 Å². The van der Waals surface area contributed by atoms with Crippen LogP contribution in [0.5, 0.6) is 0 Å². The van der Waals surface area contributed by atoms with Crippen LogP contribution >= 0.6 is 11.6 Å². The van der Waals surface area contributed by atoms with Crippen LogP contribution in [0.25, 0.3) is 0 Å². The third kappa shape index (κ3) is 2.28. The molecule has 0 unspecified atom stereocenters. The fraction of sp³-hybridized carbons (Fsp3) is 0.462. The minimum absolute atomic E-state index is 0.0371. The normalized spacial score (nSPS) is 19.3. The zero-order chi connectivity index (χ0) is 11.4. The summed E-state index contributed by atoms with van der Waals surface area (Å²) >= 11 is 5.88. The van der Waals surface area contributed by atoms with Crippen molar-refractivity contribution in [2.45, 2.75) is 24.7 Å². The molecule has 2 nitrogen and oxygen atoms in total. The van der Waals surface area contributed by atoms with Gasteiger partial charge < -0.3 is 9.53 Å². The first-order valence-corrected chi connectivity index (χ1v) is 5.92. The van der Waals surface area contributed by atoms with Crippen molar-refractivity contribution < 1.29 is 9.53 Å². The molecule has 0 bridgehead atoms. The number of hydrogen-bond acceptors (Lipinski definition) is 2. The van der Waals surface area contributed by atoms with Gasteiger partial charge in [-0.3, -0.25) is 0 Å². The number of carbonyl (C=O) groups excluding carboxylic acids is 1. The van der Waals surface area contributed by atoms with Gasteiger partial charge in [-0.25, -0.2) is 0 Å². The van der Waals surface area contributed by atoms with Gasteiger partial charge in [-0.05, 0) is 30.5 Å². The molecule has 86 valence electrons. The SMILES string of the molecule is O=CCC1(c2ccc(Cl)cc2)CCOCC1. The van der Waals surface area contributed by atoms with E-state index >= 15 is 0 Å². The molecular formula is C13H15ClO2. The van der Waals surface area contributed by atoms with Gasteiger partial charge in [0, 0.05) is 30.1 Å². The summed E-state index contributed by atoms with van der Waals surface area (Å²) in [6, 6.07) is 7.83. The molecule has 0 spiro atoms. The Labute approximate surface area is 101 Å². The second kappa shape index (κ2) is 4.98. The predicted molar refractivity (Wildman–Crippen MR) is 63.9 cm³/mol. The number of halogens is 1. The van der Waals surface area contributed by atoms with Crippen LogP contribution in [0.2, 0.25) is 5.02 Å². The maximum atomic E-state index is 10.9. The van der Waals surface area contributed by atoms with Crippen molar-refractivity contribution in [3.05, 3.63) is 34.9 Å². The van der Waals surface area contributed by atoms with Gasteiger partial charge in [-0.2, -0.15) is 0 Å². The molecule has 0 saturated carbocycles. The molecule has 1 heterocycles. The maximum absolute atomic E-state index is 10.9. The van der Waals surface area contributed by atoms with Gasteiger partial charge in [0.1, 0.15) is 6.29 Å². The van der Waals surface area contributed by atoms with Crippen LogP contribution < -0.4 is 0 Å². The Bertz CT molecular complexity index is 353. The monoisotopic (exact) mass is 238 g/mol. The van der Waals surface area contributed by atoms with E-state index in [0.717, 1.165) is 37.4 Å². The molecular weight excluding hydrogens is 224 g/mol. The molecule has 0 radical (unpaired) electrons. The fourth-order valence-corrected chi connectivity index (χ4v) is 2.46. The highest BCUT2D eigenvalue weighted by atomic mass is 35.5. The number of ether oxygens (including phenoxy) is 1. The van der Waals surface area contributed by atoms with Crippen molar-refractivity contribution in [2.24, 2.45) is 0 Å². The third-order valence-corrected chi connectivity index (χ3v) is 3.63. The van der Waals surface area contributed by atoms with Crippen molar-refractivity contribution in [3.8, 4) is 0 Å². The van der Waals surface area contributed by atoms with Crippen molar-refractivity contribution in [3.63, 3.8) is 0 Å².